The molecular weight excluding hydrogens is 468 g/mol. The van der Waals surface area contributed by atoms with Gasteiger partial charge in [0.1, 0.15) is 37.1 Å². The van der Waals surface area contributed by atoms with Gasteiger partial charge in [-0.15, -0.1) is 0 Å². The lowest BCUT2D eigenvalue weighted by Crippen LogP contribution is -2.59. The fourth-order valence-corrected chi connectivity index (χ4v) is 3.80. The minimum absolute atomic E-state index is 0.267. The predicted octanol–water partition coefficient (Wildman–Crippen LogP) is 2.52. The number of unbranched alkanes of at least 4 members (excludes halogenated alkanes) is 8. The van der Waals surface area contributed by atoms with Gasteiger partial charge in [0, 0.05) is 6.42 Å². The molecule has 9 nitrogen and oxygen atoms in total. The highest BCUT2D eigenvalue weighted by Gasteiger charge is 2.44. The van der Waals surface area contributed by atoms with Crippen molar-refractivity contribution in [2.75, 3.05) is 19.8 Å². The van der Waals surface area contributed by atoms with Crippen molar-refractivity contribution in [1.29, 1.82) is 0 Å². The molecule has 1 rings (SSSR count). The Kier molecular flexibility index (Phi) is 18.8. The molecule has 0 spiro atoms. The maximum atomic E-state index is 11.9. The second kappa shape index (κ2) is 20.7. The molecule has 0 aromatic heterocycles. The Hall–Kier alpha value is -1.33. The van der Waals surface area contributed by atoms with E-state index in [1.165, 1.54) is 25.7 Å². The van der Waals surface area contributed by atoms with Crippen LogP contribution in [-0.4, -0.2) is 88.1 Å². The first kappa shape index (κ1) is 32.7. The van der Waals surface area contributed by atoms with Crippen LogP contribution in [0.5, 0.6) is 0 Å². The number of hydrogen-bond acceptors (Lipinski definition) is 9. The smallest absolute Gasteiger partial charge is 0.305 e. The van der Waals surface area contributed by atoms with Crippen molar-refractivity contribution in [3.63, 3.8) is 0 Å². The first-order chi connectivity index (χ1) is 17.4. The molecular formula is C27H48O9. The number of hydrogen-bond donors (Lipinski definition) is 5. The number of ether oxygens (including phenoxy) is 3. The Morgan fingerprint density at radius 3 is 2.17 bits per heavy atom. The summed E-state index contributed by atoms with van der Waals surface area (Å²) in [7, 11) is 0. The first-order valence-electron chi connectivity index (χ1n) is 13.5. The standard InChI is InChI=1S/C27H48O9/c1-2-3-4-5-6-7-8-9-10-11-12-13-14-15-16-17-23(30)34-19-21(29)20-35-27-26(33)25(32)24(31)22(18-28)36-27/h6-7,9-10,21-22,24-29,31-33H,2-5,8,11-20H2,1H3/b7-6-,10-9-/t21-,22-,24+,25+,26+,27-/m1/s1. The number of allylic oxidation sites excluding steroid dienone is 4. The molecule has 6 atom stereocenters. The summed E-state index contributed by atoms with van der Waals surface area (Å²) in [5.74, 6) is -0.396. The third-order valence-corrected chi connectivity index (χ3v) is 6.07. The largest absolute Gasteiger partial charge is 0.463 e. The van der Waals surface area contributed by atoms with Crippen molar-refractivity contribution in [2.45, 2.75) is 121 Å². The minimum atomic E-state index is -1.56. The van der Waals surface area contributed by atoms with Gasteiger partial charge in [0.25, 0.3) is 0 Å². The van der Waals surface area contributed by atoms with Crippen LogP contribution in [0.2, 0.25) is 0 Å². The van der Waals surface area contributed by atoms with E-state index in [1.807, 2.05) is 0 Å². The van der Waals surface area contributed by atoms with Crippen LogP contribution in [0.25, 0.3) is 0 Å². The predicted molar refractivity (Wildman–Crippen MR) is 136 cm³/mol. The van der Waals surface area contributed by atoms with Crippen LogP contribution in [0, 0.1) is 0 Å². The monoisotopic (exact) mass is 516 g/mol. The normalized spacial score (nSPS) is 25.6. The molecule has 1 saturated heterocycles. The van der Waals surface area contributed by atoms with Crippen LogP contribution in [0.4, 0.5) is 0 Å². The highest BCUT2D eigenvalue weighted by atomic mass is 16.7. The van der Waals surface area contributed by atoms with Gasteiger partial charge in [0.15, 0.2) is 6.29 Å². The molecule has 0 aliphatic carbocycles. The van der Waals surface area contributed by atoms with Crippen molar-refractivity contribution in [3.05, 3.63) is 24.3 Å². The lowest BCUT2D eigenvalue weighted by molar-refractivity contribution is -0.305. The lowest BCUT2D eigenvalue weighted by atomic mass is 9.99. The van der Waals surface area contributed by atoms with Gasteiger partial charge in [0.2, 0.25) is 0 Å². The molecule has 0 unspecified atom stereocenters. The van der Waals surface area contributed by atoms with Crippen LogP contribution >= 0.6 is 0 Å². The molecule has 1 fully saturated rings. The van der Waals surface area contributed by atoms with Crippen LogP contribution in [0.3, 0.4) is 0 Å². The van der Waals surface area contributed by atoms with Gasteiger partial charge in [-0.1, -0.05) is 63.3 Å². The van der Waals surface area contributed by atoms with Gasteiger partial charge >= 0.3 is 5.97 Å². The molecule has 0 bridgehead atoms. The van der Waals surface area contributed by atoms with E-state index in [4.69, 9.17) is 19.3 Å². The third kappa shape index (κ3) is 14.4. The molecule has 9 heteroatoms. The Morgan fingerprint density at radius 2 is 1.50 bits per heavy atom. The highest BCUT2D eigenvalue weighted by molar-refractivity contribution is 5.69. The van der Waals surface area contributed by atoms with Crippen molar-refractivity contribution in [2.24, 2.45) is 0 Å². The van der Waals surface area contributed by atoms with E-state index in [2.05, 4.69) is 31.2 Å². The summed E-state index contributed by atoms with van der Waals surface area (Å²) in [6, 6.07) is 0. The van der Waals surface area contributed by atoms with Gasteiger partial charge < -0.3 is 39.7 Å². The molecule has 0 radical (unpaired) electrons. The van der Waals surface area contributed by atoms with Gasteiger partial charge in [-0.05, 0) is 38.5 Å². The average molecular weight is 517 g/mol. The fraction of sp³-hybridized carbons (Fsp3) is 0.815. The van der Waals surface area contributed by atoms with E-state index >= 15 is 0 Å². The van der Waals surface area contributed by atoms with E-state index in [9.17, 15) is 25.2 Å². The second-order valence-corrected chi connectivity index (χ2v) is 9.35. The summed E-state index contributed by atoms with van der Waals surface area (Å²) in [6.45, 7) is 1.06. The molecule has 36 heavy (non-hydrogen) atoms. The zero-order valence-electron chi connectivity index (χ0n) is 21.7. The van der Waals surface area contributed by atoms with Crippen LogP contribution in [0.15, 0.2) is 24.3 Å². The Morgan fingerprint density at radius 1 is 0.861 bits per heavy atom. The summed E-state index contributed by atoms with van der Waals surface area (Å²) >= 11 is 0. The second-order valence-electron chi connectivity index (χ2n) is 9.35. The molecule has 1 aliphatic heterocycles. The summed E-state index contributed by atoms with van der Waals surface area (Å²) in [5.41, 5.74) is 0. The molecule has 1 heterocycles. The van der Waals surface area contributed by atoms with Gasteiger partial charge in [-0.2, -0.15) is 0 Å². The van der Waals surface area contributed by atoms with E-state index in [0.717, 1.165) is 44.9 Å². The van der Waals surface area contributed by atoms with Crippen LogP contribution < -0.4 is 0 Å². The van der Waals surface area contributed by atoms with Crippen molar-refractivity contribution >= 4 is 5.97 Å². The summed E-state index contributed by atoms with van der Waals surface area (Å²) < 4.78 is 15.5. The Bertz CT molecular complexity index is 608. The van der Waals surface area contributed by atoms with E-state index in [0.29, 0.717) is 0 Å². The Balaban J connectivity index is 2.00. The quantitative estimate of drug-likeness (QED) is 0.0936. The lowest BCUT2D eigenvalue weighted by Gasteiger charge is -2.39. The van der Waals surface area contributed by atoms with Gasteiger partial charge in [0.05, 0.1) is 13.2 Å². The maximum absolute atomic E-state index is 11.9. The van der Waals surface area contributed by atoms with Crippen molar-refractivity contribution in [3.8, 4) is 0 Å². The third-order valence-electron chi connectivity index (χ3n) is 6.07. The molecule has 210 valence electrons. The molecule has 5 N–H and O–H groups in total. The highest BCUT2D eigenvalue weighted by Crippen LogP contribution is 2.22. The summed E-state index contributed by atoms with van der Waals surface area (Å²) in [4.78, 5) is 11.9. The molecule has 0 amide bonds. The number of rotatable bonds is 20. The van der Waals surface area contributed by atoms with Crippen LogP contribution in [0.1, 0.15) is 84.0 Å². The van der Waals surface area contributed by atoms with Crippen LogP contribution in [-0.2, 0) is 19.0 Å². The van der Waals surface area contributed by atoms with Gasteiger partial charge in [-0.3, -0.25) is 4.79 Å². The zero-order valence-corrected chi connectivity index (χ0v) is 21.7. The van der Waals surface area contributed by atoms with Gasteiger partial charge in [-0.25, -0.2) is 0 Å². The fourth-order valence-electron chi connectivity index (χ4n) is 3.80. The molecule has 0 aromatic carbocycles. The van der Waals surface area contributed by atoms with Crippen molar-refractivity contribution < 1.29 is 44.5 Å². The average Bonchev–Trinajstić information content (AvgIpc) is 2.88. The van der Waals surface area contributed by atoms with E-state index < -0.39 is 49.4 Å². The van der Waals surface area contributed by atoms with E-state index in [1.54, 1.807) is 0 Å². The minimum Gasteiger partial charge on any atom is -0.463 e. The number of esters is 1. The molecule has 0 aromatic rings. The Labute approximate surface area is 215 Å². The van der Waals surface area contributed by atoms with Crippen molar-refractivity contribution in [1.82, 2.24) is 0 Å². The summed E-state index contributed by atoms with van der Waals surface area (Å²) in [6.07, 6.45) is 13.2. The molecule has 0 saturated carbocycles. The maximum Gasteiger partial charge on any atom is 0.305 e. The zero-order chi connectivity index (χ0) is 26.6. The SMILES string of the molecule is CCCCC/C=C\C/C=C\CCCCCCCC(=O)OC[C@@H](O)CO[C@@H]1O[C@H](CO)[C@H](O)[C@H](O)[C@@H]1O. The first-order valence-corrected chi connectivity index (χ1v) is 13.5. The summed E-state index contributed by atoms with van der Waals surface area (Å²) in [5, 5.41) is 48.5. The topological polar surface area (TPSA) is 146 Å². The van der Waals surface area contributed by atoms with E-state index in [-0.39, 0.29) is 19.6 Å². The number of aliphatic hydroxyl groups excluding tert-OH is 5. The number of carbonyl (C=O) groups is 1. The number of carbonyl (C=O) groups excluding carboxylic acids is 1. The number of aliphatic hydroxyl groups is 5. The molecule has 1 aliphatic rings.